The number of carbonyl (C=O) groups is 1. The van der Waals surface area contributed by atoms with Gasteiger partial charge < -0.3 is 10.6 Å². The molecule has 0 saturated carbocycles. The van der Waals surface area contributed by atoms with E-state index in [0.29, 0.717) is 12.1 Å². The summed E-state index contributed by atoms with van der Waals surface area (Å²) in [5.41, 5.74) is 3.86. The van der Waals surface area contributed by atoms with Crippen molar-refractivity contribution >= 4 is 22.4 Å². The SMILES string of the molecule is CNc1snc(C)c1C(=O)NCc1ccc(CN2CCCC2)cc1. The maximum Gasteiger partial charge on any atom is 0.256 e. The van der Waals surface area contributed by atoms with Gasteiger partial charge in [0.15, 0.2) is 0 Å². The molecule has 24 heavy (non-hydrogen) atoms. The molecule has 2 heterocycles. The number of hydrogen-bond donors (Lipinski definition) is 2. The summed E-state index contributed by atoms with van der Waals surface area (Å²) in [6.07, 6.45) is 2.63. The van der Waals surface area contributed by atoms with E-state index in [1.165, 1.54) is 43.0 Å². The number of aryl methyl sites for hydroxylation is 1. The maximum atomic E-state index is 12.4. The molecule has 1 aromatic carbocycles. The Balaban J connectivity index is 1.56. The standard InChI is InChI=1S/C18H24N4OS/c1-13-16(18(19-2)24-21-13)17(23)20-11-14-5-7-15(8-6-14)12-22-9-3-4-10-22/h5-8,19H,3-4,9-12H2,1-2H3,(H,20,23). The van der Waals surface area contributed by atoms with Crippen molar-refractivity contribution in [2.75, 3.05) is 25.5 Å². The van der Waals surface area contributed by atoms with Crippen LogP contribution >= 0.6 is 11.5 Å². The molecule has 2 aromatic rings. The molecule has 1 saturated heterocycles. The summed E-state index contributed by atoms with van der Waals surface area (Å²) in [6, 6.07) is 8.53. The molecule has 0 radical (unpaired) electrons. The average Bonchev–Trinajstić information content (AvgIpc) is 3.23. The molecule has 3 rings (SSSR count). The van der Waals surface area contributed by atoms with Crippen molar-refractivity contribution in [3.05, 3.63) is 46.6 Å². The third-order valence-corrected chi connectivity index (χ3v) is 5.35. The van der Waals surface area contributed by atoms with E-state index in [-0.39, 0.29) is 5.91 Å². The molecule has 0 unspecified atom stereocenters. The largest absolute Gasteiger partial charge is 0.378 e. The van der Waals surface area contributed by atoms with Gasteiger partial charge in [0.05, 0.1) is 11.3 Å². The zero-order valence-electron chi connectivity index (χ0n) is 14.3. The van der Waals surface area contributed by atoms with Gasteiger partial charge in [0.1, 0.15) is 5.00 Å². The normalized spacial score (nSPS) is 14.8. The molecule has 128 valence electrons. The third-order valence-electron chi connectivity index (χ3n) is 4.40. The lowest BCUT2D eigenvalue weighted by atomic mass is 10.1. The number of carbonyl (C=O) groups excluding carboxylic acids is 1. The Labute approximate surface area is 147 Å². The highest BCUT2D eigenvalue weighted by Crippen LogP contribution is 2.23. The van der Waals surface area contributed by atoms with Gasteiger partial charge in [-0.15, -0.1) is 0 Å². The summed E-state index contributed by atoms with van der Waals surface area (Å²) in [5.74, 6) is -0.0771. The lowest BCUT2D eigenvalue weighted by Crippen LogP contribution is -2.24. The Bertz CT molecular complexity index is 690. The fourth-order valence-corrected chi connectivity index (χ4v) is 3.78. The second kappa shape index (κ2) is 7.77. The number of nitrogens with one attached hydrogen (secondary N) is 2. The minimum Gasteiger partial charge on any atom is -0.378 e. The molecule has 0 atom stereocenters. The molecule has 1 aromatic heterocycles. The van der Waals surface area contributed by atoms with E-state index in [0.717, 1.165) is 22.8 Å². The lowest BCUT2D eigenvalue weighted by Gasteiger charge is -2.14. The first-order chi connectivity index (χ1) is 11.7. The predicted molar refractivity (Wildman–Crippen MR) is 98.5 cm³/mol. The lowest BCUT2D eigenvalue weighted by molar-refractivity contribution is 0.0951. The number of aromatic nitrogens is 1. The molecular formula is C18H24N4OS. The van der Waals surface area contributed by atoms with E-state index in [4.69, 9.17) is 0 Å². The first-order valence-electron chi connectivity index (χ1n) is 8.40. The minimum absolute atomic E-state index is 0.0771. The highest BCUT2D eigenvalue weighted by atomic mass is 32.1. The van der Waals surface area contributed by atoms with Crippen LogP contribution in [-0.4, -0.2) is 35.3 Å². The van der Waals surface area contributed by atoms with E-state index in [1.54, 1.807) is 0 Å². The van der Waals surface area contributed by atoms with Crippen LogP contribution in [0.15, 0.2) is 24.3 Å². The molecule has 0 aliphatic carbocycles. The zero-order valence-corrected chi connectivity index (χ0v) is 15.1. The Morgan fingerprint density at radius 2 is 1.88 bits per heavy atom. The number of anilines is 1. The quantitative estimate of drug-likeness (QED) is 0.846. The molecule has 0 bridgehead atoms. The molecule has 1 fully saturated rings. The van der Waals surface area contributed by atoms with Gasteiger partial charge in [-0.25, -0.2) is 0 Å². The number of hydrogen-bond acceptors (Lipinski definition) is 5. The first kappa shape index (κ1) is 16.9. The predicted octanol–water partition coefficient (Wildman–Crippen LogP) is 3.02. The molecule has 0 spiro atoms. The van der Waals surface area contributed by atoms with Gasteiger partial charge in [0.25, 0.3) is 5.91 Å². The van der Waals surface area contributed by atoms with Crippen LogP contribution in [0.4, 0.5) is 5.00 Å². The average molecular weight is 344 g/mol. The van der Waals surface area contributed by atoms with Crippen molar-refractivity contribution in [1.82, 2.24) is 14.6 Å². The van der Waals surface area contributed by atoms with Gasteiger partial charge in [0.2, 0.25) is 0 Å². The van der Waals surface area contributed by atoms with Crippen molar-refractivity contribution in [1.29, 1.82) is 0 Å². The van der Waals surface area contributed by atoms with Crippen LogP contribution in [0.2, 0.25) is 0 Å². The summed E-state index contributed by atoms with van der Waals surface area (Å²) < 4.78 is 4.24. The molecule has 1 aliphatic heterocycles. The Hall–Kier alpha value is -1.92. The maximum absolute atomic E-state index is 12.4. The van der Waals surface area contributed by atoms with Gasteiger partial charge in [-0.05, 0) is 55.5 Å². The van der Waals surface area contributed by atoms with Crippen LogP contribution < -0.4 is 10.6 Å². The summed E-state index contributed by atoms with van der Waals surface area (Å²) in [4.78, 5) is 14.9. The highest BCUT2D eigenvalue weighted by molar-refractivity contribution is 7.10. The summed E-state index contributed by atoms with van der Waals surface area (Å²) >= 11 is 1.32. The minimum atomic E-state index is -0.0771. The van der Waals surface area contributed by atoms with Crippen molar-refractivity contribution in [3.8, 4) is 0 Å². The van der Waals surface area contributed by atoms with Crippen molar-refractivity contribution in [2.24, 2.45) is 0 Å². The van der Waals surface area contributed by atoms with Crippen molar-refractivity contribution < 1.29 is 4.79 Å². The fourth-order valence-electron chi connectivity index (χ4n) is 3.04. The van der Waals surface area contributed by atoms with Crippen LogP contribution in [0.25, 0.3) is 0 Å². The Morgan fingerprint density at radius 3 is 2.54 bits per heavy atom. The van der Waals surface area contributed by atoms with E-state index < -0.39 is 0 Å². The van der Waals surface area contributed by atoms with Crippen molar-refractivity contribution in [3.63, 3.8) is 0 Å². The topological polar surface area (TPSA) is 57.3 Å². The second-order valence-corrected chi connectivity index (χ2v) is 6.98. The van der Waals surface area contributed by atoms with Crippen LogP contribution in [0, 0.1) is 6.92 Å². The summed E-state index contributed by atoms with van der Waals surface area (Å²) in [7, 11) is 1.81. The van der Waals surface area contributed by atoms with E-state index in [1.807, 2.05) is 14.0 Å². The smallest absolute Gasteiger partial charge is 0.256 e. The summed E-state index contributed by atoms with van der Waals surface area (Å²) in [5, 5.41) is 6.83. The first-order valence-corrected chi connectivity index (χ1v) is 9.17. The number of amides is 1. The number of benzene rings is 1. The molecular weight excluding hydrogens is 320 g/mol. The van der Waals surface area contributed by atoms with Crippen LogP contribution in [0.3, 0.4) is 0 Å². The molecule has 6 heteroatoms. The molecule has 1 amide bonds. The van der Waals surface area contributed by atoms with Gasteiger partial charge in [0, 0.05) is 20.1 Å². The van der Waals surface area contributed by atoms with Gasteiger partial charge in [-0.3, -0.25) is 9.69 Å². The molecule has 1 aliphatic rings. The number of nitrogens with zero attached hydrogens (tertiary/aromatic N) is 2. The zero-order chi connectivity index (χ0) is 16.9. The number of rotatable bonds is 6. The summed E-state index contributed by atoms with van der Waals surface area (Å²) in [6.45, 7) is 5.83. The fraction of sp³-hybridized carbons (Fsp3) is 0.444. The van der Waals surface area contributed by atoms with Crippen LogP contribution in [0.5, 0.6) is 0 Å². The van der Waals surface area contributed by atoms with Crippen LogP contribution in [-0.2, 0) is 13.1 Å². The van der Waals surface area contributed by atoms with E-state index in [2.05, 4.69) is 44.2 Å². The van der Waals surface area contributed by atoms with Gasteiger partial charge in [-0.2, -0.15) is 4.37 Å². The van der Waals surface area contributed by atoms with E-state index >= 15 is 0 Å². The second-order valence-electron chi connectivity index (χ2n) is 6.20. The highest BCUT2D eigenvalue weighted by Gasteiger charge is 2.17. The molecule has 5 nitrogen and oxygen atoms in total. The monoisotopic (exact) mass is 344 g/mol. The van der Waals surface area contributed by atoms with Gasteiger partial charge >= 0.3 is 0 Å². The van der Waals surface area contributed by atoms with Gasteiger partial charge in [-0.1, -0.05) is 24.3 Å². The Kier molecular flexibility index (Phi) is 5.48. The third kappa shape index (κ3) is 3.94. The van der Waals surface area contributed by atoms with E-state index in [9.17, 15) is 4.79 Å². The van der Waals surface area contributed by atoms with Crippen molar-refractivity contribution in [2.45, 2.75) is 32.9 Å². The molecule has 2 N–H and O–H groups in total. The Morgan fingerprint density at radius 1 is 1.21 bits per heavy atom. The van der Waals surface area contributed by atoms with Crippen LogP contribution in [0.1, 0.15) is 40.0 Å². The number of likely N-dealkylation sites (tertiary alicyclic amines) is 1.